The molecule has 25 heavy (non-hydrogen) atoms. The van der Waals surface area contributed by atoms with Crippen molar-refractivity contribution in [2.45, 2.75) is 44.0 Å². The number of nitrogens with zero attached hydrogens (tertiary/aromatic N) is 1. The Labute approximate surface area is 156 Å². The summed E-state index contributed by atoms with van der Waals surface area (Å²) in [4.78, 5) is 12.7. The minimum absolute atomic E-state index is 0. The second kappa shape index (κ2) is 8.49. The molecule has 0 aliphatic heterocycles. The maximum Gasteiger partial charge on any atom is 0.251 e. The third kappa shape index (κ3) is 4.73. The Hall–Kier alpha value is -1.15. The standard InChI is InChI=1S/C17H27N3O3S.ClH/c1-4-20(5-2)24(22,23)15-8-6-7-13(11-15)16(21)19-17(3,12-18)14-9-10-14;/h6-8,11,14H,4-5,9-10,12,18H2,1-3H3,(H,19,21);1H. The Morgan fingerprint density at radius 1 is 1.32 bits per heavy atom. The number of carbonyl (C=O) groups is 1. The van der Waals surface area contributed by atoms with E-state index in [0.717, 1.165) is 12.8 Å². The normalized spacial score (nSPS) is 16.8. The minimum atomic E-state index is -3.58. The SMILES string of the molecule is CCN(CC)S(=O)(=O)c1cccc(C(=O)NC(C)(CN)C2CC2)c1.Cl. The van der Waals surface area contributed by atoms with Crippen molar-refractivity contribution < 1.29 is 13.2 Å². The summed E-state index contributed by atoms with van der Waals surface area (Å²) < 4.78 is 26.6. The summed E-state index contributed by atoms with van der Waals surface area (Å²) in [7, 11) is -3.58. The lowest BCUT2D eigenvalue weighted by Gasteiger charge is -2.29. The molecular weight excluding hydrogens is 362 g/mol. The van der Waals surface area contributed by atoms with Crippen LogP contribution in [0.4, 0.5) is 0 Å². The third-order valence-corrected chi connectivity index (χ3v) is 6.79. The van der Waals surface area contributed by atoms with E-state index in [1.165, 1.54) is 16.4 Å². The molecule has 0 heterocycles. The van der Waals surface area contributed by atoms with Crippen molar-refractivity contribution in [3.05, 3.63) is 29.8 Å². The summed E-state index contributed by atoms with van der Waals surface area (Å²) in [6.45, 7) is 6.67. The van der Waals surface area contributed by atoms with E-state index in [-0.39, 0.29) is 23.2 Å². The van der Waals surface area contributed by atoms with Gasteiger partial charge in [-0.25, -0.2) is 8.42 Å². The molecule has 1 saturated carbocycles. The van der Waals surface area contributed by atoms with E-state index in [0.29, 0.717) is 31.1 Å². The first kappa shape index (κ1) is 21.9. The molecular formula is C17H28ClN3O3S. The fourth-order valence-corrected chi connectivity index (χ4v) is 4.39. The predicted molar refractivity (Wildman–Crippen MR) is 101 cm³/mol. The van der Waals surface area contributed by atoms with Gasteiger partial charge >= 0.3 is 0 Å². The first-order valence-electron chi connectivity index (χ1n) is 8.41. The maximum absolute atomic E-state index is 12.6. The first-order chi connectivity index (χ1) is 11.3. The zero-order chi connectivity index (χ0) is 18.0. The highest BCUT2D eigenvalue weighted by atomic mass is 35.5. The number of nitrogens with two attached hydrogens (primary N) is 1. The molecule has 1 fully saturated rings. The molecule has 3 N–H and O–H groups in total. The van der Waals surface area contributed by atoms with Crippen molar-refractivity contribution in [2.24, 2.45) is 11.7 Å². The monoisotopic (exact) mass is 389 g/mol. The van der Waals surface area contributed by atoms with E-state index < -0.39 is 15.6 Å². The van der Waals surface area contributed by atoms with Crippen LogP contribution in [0.15, 0.2) is 29.2 Å². The summed E-state index contributed by atoms with van der Waals surface area (Å²) in [6.07, 6.45) is 2.12. The number of hydrogen-bond acceptors (Lipinski definition) is 4. The molecule has 0 spiro atoms. The van der Waals surface area contributed by atoms with Crippen molar-refractivity contribution in [3.63, 3.8) is 0 Å². The lowest BCUT2D eigenvalue weighted by molar-refractivity contribution is 0.0897. The Morgan fingerprint density at radius 3 is 2.40 bits per heavy atom. The van der Waals surface area contributed by atoms with Crippen LogP contribution < -0.4 is 11.1 Å². The van der Waals surface area contributed by atoms with Gasteiger partial charge in [-0.2, -0.15) is 4.31 Å². The molecule has 1 aromatic rings. The van der Waals surface area contributed by atoms with E-state index in [1.807, 2.05) is 6.92 Å². The van der Waals surface area contributed by atoms with Crippen LogP contribution in [0, 0.1) is 5.92 Å². The topological polar surface area (TPSA) is 92.5 Å². The number of carbonyl (C=O) groups excluding carboxylic acids is 1. The number of rotatable bonds is 8. The zero-order valence-corrected chi connectivity index (χ0v) is 16.6. The number of sulfonamides is 1. The summed E-state index contributed by atoms with van der Waals surface area (Å²) >= 11 is 0. The van der Waals surface area contributed by atoms with E-state index >= 15 is 0 Å². The molecule has 1 aliphatic carbocycles. The van der Waals surface area contributed by atoms with E-state index in [9.17, 15) is 13.2 Å². The third-order valence-electron chi connectivity index (χ3n) is 4.74. The van der Waals surface area contributed by atoms with Crippen molar-refractivity contribution in [1.29, 1.82) is 0 Å². The fourth-order valence-electron chi connectivity index (χ4n) is 2.88. The molecule has 0 saturated heterocycles. The van der Waals surface area contributed by atoms with E-state index in [1.54, 1.807) is 26.0 Å². The summed E-state index contributed by atoms with van der Waals surface area (Å²) in [5.74, 6) is 0.112. The van der Waals surface area contributed by atoms with Gasteiger partial charge in [-0.05, 0) is 43.9 Å². The van der Waals surface area contributed by atoms with Crippen LogP contribution in [-0.4, -0.2) is 43.8 Å². The smallest absolute Gasteiger partial charge is 0.251 e. The molecule has 8 heteroatoms. The molecule has 142 valence electrons. The minimum Gasteiger partial charge on any atom is -0.345 e. The van der Waals surface area contributed by atoms with Crippen LogP contribution in [0.3, 0.4) is 0 Å². The number of benzene rings is 1. The van der Waals surface area contributed by atoms with Gasteiger partial charge in [-0.15, -0.1) is 12.4 Å². The zero-order valence-electron chi connectivity index (χ0n) is 15.0. The van der Waals surface area contributed by atoms with Gasteiger partial charge < -0.3 is 11.1 Å². The van der Waals surface area contributed by atoms with Gasteiger partial charge in [-0.3, -0.25) is 4.79 Å². The van der Waals surface area contributed by atoms with Crippen molar-refractivity contribution >= 4 is 28.3 Å². The van der Waals surface area contributed by atoms with Crippen LogP contribution in [0.2, 0.25) is 0 Å². The van der Waals surface area contributed by atoms with Gasteiger partial charge in [0.25, 0.3) is 5.91 Å². The number of nitrogens with one attached hydrogen (secondary N) is 1. The van der Waals surface area contributed by atoms with Gasteiger partial charge in [0.15, 0.2) is 0 Å². The van der Waals surface area contributed by atoms with E-state index in [2.05, 4.69) is 5.32 Å². The molecule has 1 aromatic carbocycles. The molecule has 0 bridgehead atoms. The highest BCUT2D eigenvalue weighted by Crippen LogP contribution is 2.39. The van der Waals surface area contributed by atoms with Gasteiger partial charge in [0, 0.05) is 25.2 Å². The van der Waals surface area contributed by atoms with Crippen molar-refractivity contribution in [2.75, 3.05) is 19.6 Å². The number of amides is 1. The molecule has 6 nitrogen and oxygen atoms in total. The summed E-state index contributed by atoms with van der Waals surface area (Å²) in [5, 5.41) is 2.98. The average Bonchev–Trinajstić information content (AvgIpc) is 3.41. The highest BCUT2D eigenvalue weighted by Gasteiger charge is 2.41. The summed E-state index contributed by atoms with van der Waals surface area (Å²) in [6, 6.07) is 6.18. The molecule has 0 aromatic heterocycles. The lowest BCUT2D eigenvalue weighted by atomic mass is 9.95. The second-order valence-electron chi connectivity index (χ2n) is 6.47. The fraction of sp³-hybridized carbons (Fsp3) is 0.588. The Morgan fingerprint density at radius 2 is 1.92 bits per heavy atom. The van der Waals surface area contributed by atoms with Crippen molar-refractivity contribution in [1.82, 2.24) is 9.62 Å². The Balaban J connectivity index is 0.00000312. The molecule has 0 radical (unpaired) electrons. The van der Waals surface area contributed by atoms with Gasteiger partial charge in [-0.1, -0.05) is 19.9 Å². The van der Waals surface area contributed by atoms with Gasteiger partial charge in [0.1, 0.15) is 0 Å². The van der Waals surface area contributed by atoms with Crippen molar-refractivity contribution in [3.8, 4) is 0 Å². The van der Waals surface area contributed by atoms with Gasteiger partial charge in [0.2, 0.25) is 10.0 Å². The number of hydrogen-bond donors (Lipinski definition) is 2. The summed E-state index contributed by atoms with van der Waals surface area (Å²) in [5.41, 5.74) is 5.73. The van der Waals surface area contributed by atoms with Gasteiger partial charge in [0.05, 0.1) is 10.4 Å². The average molecular weight is 390 g/mol. The molecule has 2 rings (SSSR count). The largest absolute Gasteiger partial charge is 0.345 e. The molecule has 1 unspecified atom stereocenters. The second-order valence-corrected chi connectivity index (χ2v) is 8.41. The Bertz CT molecular complexity index is 703. The molecule has 1 amide bonds. The van der Waals surface area contributed by atoms with Crippen LogP contribution >= 0.6 is 12.4 Å². The lowest BCUT2D eigenvalue weighted by Crippen LogP contribution is -2.53. The van der Waals surface area contributed by atoms with Crippen LogP contribution in [-0.2, 0) is 10.0 Å². The predicted octanol–water partition coefficient (Wildman–Crippen LogP) is 2.00. The van der Waals surface area contributed by atoms with E-state index in [4.69, 9.17) is 5.73 Å². The molecule has 1 atom stereocenters. The quantitative estimate of drug-likeness (QED) is 0.711. The molecule has 1 aliphatic rings. The highest BCUT2D eigenvalue weighted by molar-refractivity contribution is 7.89. The maximum atomic E-state index is 12.6. The van der Waals surface area contributed by atoms with Crippen LogP contribution in [0.5, 0.6) is 0 Å². The first-order valence-corrected chi connectivity index (χ1v) is 9.85. The van der Waals surface area contributed by atoms with Crippen LogP contribution in [0.25, 0.3) is 0 Å². The Kier molecular flexibility index (Phi) is 7.43. The van der Waals surface area contributed by atoms with Crippen LogP contribution in [0.1, 0.15) is 44.0 Å². The number of halogens is 1.